The summed E-state index contributed by atoms with van der Waals surface area (Å²) < 4.78 is 17.2. The molecule has 0 amide bonds. The molecule has 3 rings (SSSR count). The van der Waals surface area contributed by atoms with E-state index in [1.54, 1.807) is 19.2 Å². The Balaban J connectivity index is 0.00000208. The van der Waals surface area contributed by atoms with Crippen LogP contribution in [0, 0.1) is 0 Å². The van der Waals surface area contributed by atoms with Gasteiger partial charge in [0.15, 0.2) is 17.7 Å². The number of nitrogens with zero attached hydrogens (tertiary/aromatic N) is 1. The molecule has 6 heteroatoms. The van der Waals surface area contributed by atoms with Crippen LogP contribution < -0.4 is 9.47 Å². The van der Waals surface area contributed by atoms with Crippen LogP contribution in [0.3, 0.4) is 0 Å². The van der Waals surface area contributed by atoms with Crippen molar-refractivity contribution in [2.75, 3.05) is 33.4 Å². The molecule has 130 valence electrons. The number of halogens is 2. The standard InChI is InChI=1S/C18H20ClNO3.ClH/c1-21-17-13-15(19)7-8-16(17)23-18(14-5-3-2-4-6-14)20-9-11-22-12-10-20;/h2-8,13,18H,9-12H2,1H3;1H/t18-;/m0./s1. The summed E-state index contributed by atoms with van der Waals surface area (Å²) in [5.41, 5.74) is 1.10. The average Bonchev–Trinajstić information content (AvgIpc) is 2.62. The van der Waals surface area contributed by atoms with Crippen LogP contribution in [0.15, 0.2) is 48.5 Å². The molecule has 0 saturated carbocycles. The van der Waals surface area contributed by atoms with Crippen molar-refractivity contribution in [2.24, 2.45) is 0 Å². The van der Waals surface area contributed by atoms with Gasteiger partial charge in [0, 0.05) is 29.7 Å². The maximum absolute atomic E-state index is 6.30. The second kappa shape index (κ2) is 9.14. The highest BCUT2D eigenvalue weighted by molar-refractivity contribution is 6.30. The first-order valence-corrected chi connectivity index (χ1v) is 8.02. The van der Waals surface area contributed by atoms with Crippen LogP contribution in [0.4, 0.5) is 0 Å². The van der Waals surface area contributed by atoms with Crippen molar-refractivity contribution in [1.82, 2.24) is 4.90 Å². The van der Waals surface area contributed by atoms with E-state index >= 15 is 0 Å². The summed E-state index contributed by atoms with van der Waals surface area (Å²) >= 11 is 6.04. The molecule has 0 bridgehead atoms. The van der Waals surface area contributed by atoms with Crippen molar-refractivity contribution in [1.29, 1.82) is 0 Å². The maximum Gasteiger partial charge on any atom is 0.179 e. The summed E-state index contributed by atoms with van der Waals surface area (Å²) in [5, 5.41) is 0.622. The van der Waals surface area contributed by atoms with Crippen LogP contribution in [-0.2, 0) is 4.74 Å². The van der Waals surface area contributed by atoms with Crippen molar-refractivity contribution in [3.8, 4) is 11.5 Å². The van der Waals surface area contributed by atoms with E-state index < -0.39 is 0 Å². The molecule has 0 radical (unpaired) electrons. The highest BCUT2D eigenvalue weighted by atomic mass is 35.5. The van der Waals surface area contributed by atoms with Gasteiger partial charge in [-0.25, -0.2) is 0 Å². The number of rotatable bonds is 5. The van der Waals surface area contributed by atoms with E-state index in [-0.39, 0.29) is 18.6 Å². The number of methoxy groups -OCH3 is 1. The monoisotopic (exact) mass is 369 g/mol. The first-order chi connectivity index (χ1) is 11.3. The van der Waals surface area contributed by atoms with Gasteiger partial charge in [-0.1, -0.05) is 41.9 Å². The van der Waals surface area contributed by atoms with Gasteiger partial charge in [-0.05, 0) is 12.1 Å². The van der Waals surface area contributed by atoms with Crippen molar-refractivity contribution >= 4 is 24.0 Å². The van der Waals surface area contributed by atoms with Crippen LogP contribution in [0.2, 0.25) is 5.02 Å². The number of hydrogen-bond donors (Lipinski definition) is 0. The molecule has 1 aliphatic heterocycles. The third kappa shape index (κ3) is 4.54. The fourth-order valence-corrected chi connectivity index (χ4v) is 2.80. The van der Waals surface area contributed by atoms with Gasteiger partial charge >= 0.3 is 0 Å². The zero-order valence-electron chi connectivity index (χ0n) is 13.5. The zero-order chi connectivity index (χ0) is 16.1. The molecular formula is C18H21Cl2NO3. The molecule has 2 aromatic rings. The van der Waals surface area contributed by atoms with E-state index in [1.807, 2.05) is 24.3 Å². The van der Waals surface area contributed by atoms with Gasteiger partial charge < -0.3 is 14.2 Å². The number of morpholine rings is 1. The molecule has 0 aliphatic carbocycles. The molecule has 4 nitrogen and oxygen atoms in total. The second-order valence-corrected chi connectivity index (χ2v) is 5.76. The topological polar surface area (TPSA) is 30.9 Å². The Labute approximate surface area is 153 Å². The molecule has 0 spiro atoms. The third-order valence-corrected chi connectivity index (χ3v) is 4.06. The number of hydrogen-bond acceptors (Lipinski definition) is 4. The number of benzene rings is 2. The molecule has 1 aliphatic rings. The third-order valence-electron chi connectivity index (χ3n) is 3.83. The van der Waals surface area contributed by atoms with E-state index in [0.717, 1.165) is 18.7 Å². The molecule has 1 fully saturated rings. The van der Waals surface area contributed by atoms with Crippen molar-refractivity contribution < 1.29 is 14.2 Å². The van der Waals surface area contributed by atoms with Crippen molar-refractivity contribution in [2.45, 2.75) is 6.23 Å². The van der Waals surface area contributed by atoms with Gasteiger partial charge in [-0.3, -0.25) is 4.90 Å². The van der Waals surface area contributed by atoms with Crippen LogP contribution in [0.25, 0.3) is 0 Å². The summed E-state index contributed by atoms with van der Waals surface area (Å²) in [4.78, 5) is 2.27. The lowest BCUT2D eigenvalue weighted by Crippen LogP contribution is -2.41. The smallest absolute Gasteiger partial charge is 0.179 e. The Kier molecular flexibility index (Phi) is 7.18. The minimum Gasteiger partial charge on any atom is -0.493 e. The molecule has 1 saturated heterocycles. The van der Waals surface area contributed by atoms with Crippen LogP contribution in [0.1, 0.15) is 11.8 Å². The van der Waals surface area contributed by atoms with Gasteiger partial charge in [0.1, 0.15) is 0 Å². The van der Waals surface area contributed by atoms with Gasteiger partial charge in [-0.15, -0.1) is 12.4 Å². The fourth-order valence-electron chi connectivity index (χ4n) is 2.64. The Morgan fingerprint density at radius 2 is 1.75 bits per heavy atom. The van der Waals surface area contributed by atoms with Crippen molar-refractivity contribution in [3.05, 3.63) is 59.1 Å². The first-order valence-electron chi connectivity index (χ1n) is 7.65. The largest absolute Gasteiger partial charge is 0.493 e. The molecule has 24 heavy (non-hydrogen) atoms. The quantitative estimate of drug-likeness (QED) is 0.790. The molecule has 1 atom stereocenters. The molecule has 0 aromatic heterocycles. The predicted octanol–water partition coefficient (Wildman–Crippen LogP) is 4.18. The number of ether oxygens (including phenoxy) is 3. The predicted molar refractivity (Wildman–Crippen MR) is 97.5 cm³/mol. The van der Waals surface area contributed by atoms with E-state index in [9.17, 15) is 0 Å². The lowest BCUT2D eigenvalue weighted by atomic mass is 10.1. The molecule has 0 N–H and O–H groups in total. The van der Waals surface area contributed by atoms with Gasteiger partial charge in [0.05, 0.1) is 20.3 Å². The van der Waals surface area contributed by atoms with E-state index in [0.29, 0.717) is 29.7 Å². The summed E-state index contributed by atoms with van der Waals surface area (Å²) in [5.74, 6) is 1.31. The highest BCUT2D eigenvalue weighted by Crippen LogP contribution is 2.34. The molecule has 1 heterocycles. The van der Waals surface area contributed by atoms with Gasteiger partial charge in [-0.2, -0.15) is 0 Å². The van der Waals surface area contributed by atoms with Crippen LogP contribution in [-0.4, -0.2) is 38.3 Å². The lowest BCUT2D eigenvalue weighted by molar-refractivity contribution is -0.0482. The second-order valence-electron chi connectivity index (χ2n) is 5.32. The molecule has 0 unspecified atom stereocenters. The Morgan fingerprint density at radius 3 is 2.42 bits per heavy atom. The molecular weight excluding hydrogens is 349 g/mol. The van der Waals surface area contributed by atoms with Crippen molar-refractivity contribution in [3.63, 3.8) is 0 Å². The van der Waals surface area contributed by atoms with E-state index in [1.165, 1.54) is 0 Å². The Hall–Kier alpha value is -1.46. The minimum absolute atomic E-state index is 0. The fraction of sp³-hybridized carbons (Fsp3) is 0.333. The Bertz CT molecular complexity index is 633. The highest BCUT2D eigenvalue weighted by Gasteiger charge is 2.25. The molecule has 2 aromatic carbocycles. The minimum atomic E-state index is -0.185. The summed E-state index contributed by atoms with van der Waals surface area (Å²) in [6.45, 7) is 3.08. The summed E-state index contributed by atoms with van der Waals surface area (Å²) in [6.07, 6.45) is -0.185. The summed E-state index contributed by atoms with van der Waals surface area (Å²) in [6, 6.07) is 15.6. The van der Waals surface area contributed by atoms with E-state index in [4.69, 9.17) is 25.8 Å². The Morgan fingerprint density at radius 1 is 1.04 bits per heavy atom. The zero-order valence-corrected chi connectivity index (χ0v) is 15.1. The van der Waals surface area contributed by atoms with Gasteiger partial charge in [0.25, 0.3) is 0 Å². The van der Waals surface area contributed by atoms with Gasteiger partial charge in [0.2, 0.25) is 0 Å². The first kappa shape index (κ1) is 18.9. The normalized spacial score (nSPS) is 16.1. The van der Waals surface area contributed by atoms with E-state index in [2.05, 4.69) is 17.0 Å². The summed E-state index contributed by atoms with van der Waals surface area (Å²) in [7, 11) is 1.62. The SMILES string of the molecule is COc1cc(Cl)ccc1O[C@@H](c1ccccc1)N1CCOCC1.Cl. The van der Waals surface area contributed by atoms with Crippen LogP contribution in [0.5, 0.6) is 11.5 Å². The maximum atomic E-state index is 6.30. The van der Waals surface area contributed by atoms with Crippen LogP contribution >= 0.6 is 24.0 Å². The average molecular weight is 370 g/mol. The lowest BCUT2D eigenvalue weighted by Gasteiger charge is -2.34.